The molecule has 1 aromatic heterocycles. The summed E-state index contributed by atoms with van der Waals surface area (Å²) in [7, 11) is 0. The van der Waals surface area contributed by atoms with Crippen molar-refractivity contribution in [3.05, 3.63) is 22.4 Å². The first-order valence-corrected chi connectivity index (χ1v) is 7.58. The lowest BCUT2D eigenvalue weighted by Gasteiger charge is -2.25. The summed E-state index contributed by atoms with van der Waals surface area (Å²) in [5, 5.41) is 4.18. The van der Waals surface area contributed by atoms with Gasteiger partial charge in [0.1, 0.15) is 0 Å². The lowest BCUT2D eigenvalue weighted by atomic mass is 10.0. The summed E-state index contributed by atoms with van der Waals surface area (Å²) >= 11 is 1.68. The van der Waals surface area contributed by atoms with Crippen molar-refractivity contribution in [1.29, 1.82) is 0 Å². The zero-order chi connectivity index (χ0) is 13.1. The second-order valence-electron chi connectivity index (χ2n) is 5.50. The van der Waals surface area contributed by atoms with Gasteiger partial charge < -0.3 is 10.6 Å². The molecule has 0 radical (unpaired) electrons. The minimum atomic E-state index is -0.0266. The van der Waals surface area contributed by atoms with Crippen LogP contribution in [0.15, 0.2) is 16.8 Å². The molecule has 0 saturated heterocycles. The standard InChI is InChI=1S/C14H22N2OS/c1-10(2)13(15)7-14(17)16(12-3-4-12)8-11-5-6-18-9-11/h5-6,9-10,12-13H,3-4,7-8,15H2,1-2H3. The molecule has 2 N–H and O–H groups in total. The van der Waals surface area contributed by atoms with E-state index < -0.39 is 0 Å². The Morgan fingerprint density at radius 2 is 2.28 bits per heavy atom. The van der Waals surface area contributed by atoms with Crippen molar-refractivity contribution in [3.63, 3.8) is 0 Å². The van der Waals surface area contributed by atoms with E-state index in [-0.39, 0.29) is 11.9 Å². The highest BCUT2D eigenvalue weighted by atomic mass is 32.1. The van der Waals surface area contributed by atoms with Gasteiger partial charge >= 0.3 is 0 Å². The van der Waals surface area contributed by atoms with Gasteiger partial charge in [0.25, 0.3) is 0 Å². The van der Waals surface area contributed by atoms with Crippen molar-refractivity contribution in [2.45, 2.75) is 51.7 Å². The summed E-state index contributed by atoms with van der Waals surface area (Å²) in [5.74, 6) is 0.570. The molecule has 0 aromatic carbocycles. The van der Waals surface area contributed by atoms with E-state index in [0.717, 1.165) is 19.4 Å². The first kappa shape index (κ1) is 13.6. The van der Waals surface area contributed by atoms with Gasteiger partial charge in [-0.15, -0.1) is 0 Å². The average molecular weight is 266 g/mol. The third kappa shape index (κ3) is 3.56. The van der Waals surface area contributed by atoms with E-state index in [1.165, 1.54) is 5.56 Å². The normalized spacial score (nSPS) is 16.9. The zero-order valence-corrected chi connectivity index (χ0v) is 12.0. The van der Waals surface area contributed by atoms with Gasteiger partial charge in [0.05, 0.1) is 0 Å². The van der Waals surface area contributed by atoms with Gasteiger partial charge in [0.15, 0.2) is 0 Å². The van der Waals surface area contributed by atoms with E-state index in [1.807, 2.05) is 4.90 Å². The third-order valence-corrected chi connectivity index (χ3v) is 4.24. The van der Waals surface area contributed by atoms with Gasteiger partial charge in [-0.25, -0.2) is 0 Å². The molecule has 1 heterocycles. The number of carbonyl (C=O) groups excluding carboxylic acids is 1. The topological polar surface area (TPSA) is 46.3 Å². The third-order valence-electron chi connectivity index (χ3n) is 3.51. The number of thiophene rings is 1. The summed E-state index contributed by atoms with van der Waals surface area (Å²) in [6.45, 7) is 4.88. The molecule has 3 nitrogen and oxygen atoms in total. The zero-order valence-electron chi connectivity index (χ0n) is 11.1. The highest BCUT2D eigenvalue weighted by molar-refractivity contribution is 7.07. The summed E-state index contributed by atoms with van der Waals surface area (Å²) in [6, 6.07) is 2.52. The highest BCUT2D eigenvalue weighted by Gasteiger charge is 2.33. The summed E-state index contributed by atoms with van der Waals surface area (Å²) in [4.78, 5) is 14.3. The van der Waals surface area contributed by atoms with Crippen LogP contribution in [0.5, 0.6) is 0 Å². The minimum absolute atomic E-state index is 0.0266. The molecule has 1 aromatic rings. The van der Waals surface area contributed by atoms with E-state index in [9.17, 15) is 4.79 Å². The Hall–Kier alpha value is -0.870. The van der Waals surface area contributed by atoms with E-state index in [2.05, 4.69) is 30.7 Å². The number of nitrogens with zero attached hydrogens (tertiary/aromatic N) is 1. The Balaban J connectivity index is 1.95. The SMILES string of the molecule is CC(C)C(N)CC(=O)N(Cc1ccsc1)C1CC1. The number of carbonyl (C=O) groups is 1. The molecular formula is C14H22N2OS. The lowest BCUT2D eigenvalue weighted by molar-refractivity contribution is -0.133. The smallest absolute Gasteiger partial charge is 0.224 e. The second-order valence-corrected chi connectivity index (χ2v) is 6.28. The van der Waals surface area contributed by atoms with Crippen LogP contribution in [0.2, 0.25) is 0 Å². The van der Waals surface area contributed by atoms with Crippen molar-refractivity contribution in [2.24, 2.45) is 11.7 Å². The fourth-order valence-electron chi connectivity index (χ4n) is 1.94. The van der Waals surface area contributed by atoms with Crippen molar-refractivity contribution in [2.75, 3.05) is 0 Å². The van der Waals surface area contributed by atoms with Gasteiger partial charge in [-0.05, 0) is 41.1 Å². The molecule has 0 spiro atoms. The van der Waals surface area contributed by atoms with Crippen LogP contribution in [0, 0.1) is 5.92 Å². The van der Waals surface area contributed by atoms with Gasteiger partial charge in [-0.3, -0.25) is 4.79 Å². The number of rotatable bonds is 6. The maximum atomic E-state index is 12.3. The highest BCUT2D eigenvalue weighted by Crippen LogP contribution is 2.29. The summed E-state index contributed by atoms with van der Waals surface area (Å²) in [5.41, 5.74) is 7.24. The van der Waals surface area contributed by atoms with Crippen LogP contribution in [0.25, 0.3) is 0 Å². The van der Waals surface area contributed by atoms with Crippen LogP contribution >= 0.6 is 11.3 Å². The van der Waals surface area contributed by atoms with Crippen LogP contribution in [-0.2, 0) is 11.3 Å². The van der Waals surface area contributed by atoms with Crippen molar-refractivity contribution in [3.8, 4) is 0 Å². The second kappa shape index (κ2) is 5.85. The minimum Gasteiger partial charge on any atom is -0.335 e. The molecular weight excluding hydrogens is 244 g/mol. The number of hydrogen-bond donors (Lipinski definition) is 1. The number of amides is 1. The van der Waals surface area contributed by atoms with Gasteiger partial charge in [-0.2, -0.15) is 11.3 Å². The molecule has 1 fully saturated rings. The number of hydrogen-bond acceptors (Lipinski definition) is 3. The first-order valence-electron chi connectivity index (χ1n) is 6.64. The van der Waals surface area contributed by atoms with Crippen molar-refractivity contribution in [1.82, 2.24) is 4.90 Å². The predicted molar refractivity (Wildman–Crippen MR) is 75.3 cm³/mol. The Labute approximate surface area is 113 Å². The molecule has 1 aliphatic rings. The van der Waals surface area contributed by atoms with Crippen molar-refractivity contribution < 1.29 is 4.79 Å². The summed E-state index contributed by atoms with van der Waals surface area (Å²) in [6.07, 6.45) is 2.76. The van der Waals surface area contributed by atoms with Crippen LogP contribution in [0.1, 0.15) is 38.7 Å². The van der Waals surface area contributed by atoms with Crippen molar-refractivity contribution >= 4 is 17.2 Å². The molecule has 1 saturated carbocycles. The van der Waals surface area contributed by atoms with Gasteiger partial charge in [0, 0.05) is 25.0 Å². The Morgan fingerprint density at radius 3 is 2.78 bits per heavy atom. The molecule has 18 heavy (non-hydrogen) atoms. The molecule has 1 aliphatic carbocycles. The lowest BCUT2D eigenvalue weighted by Crippen LogP contribution is -2.38. The monoisotopic (exact) mass is 266 g/mol. The fraction of sp³-hybridized carbons (Fsp3) is 0.643. The molecule has 0 bridgehead atoms. The molecule has 4 heteroatoms. The Morgan fingerprint density at radius 1 is 1.56 bits per heavy atom. The maximum absolute atomic E-state index is 12.3. The summed E-state index contributed by atoms with van der Waals surface area (Å²) < 4.78 is 0. The number of nitrogens with two attached hydrogens (primary N) is 1. The molecule has 2 rings (SSSR count). The van der Waals surface area contributed by atoms with Crippen LogP contribution in [-0.4, -0.2) is 22.9 Å². The van der Waals surface area contributed by atoms with E-state index in [0.29, 0.717) is 18.4 Å². The molecule has 100 valence electrons. The maximum Gasteiger partial charge on any atom is 0.224 e. The Kier molecular flexibility index (Phi) is 4.40. The van der Waals surface area contributed by atoms with E-state index in [1.54, 1.807) is 11.3 Å². The quantitative estimate of drug-likeness (QED) is 0.860. The van der Waals surface area contributed by atoms with Gasteiger partial charge in [0.2, 0.25) is 5.91 Å². The van der Waals surface area contributed by atoms with Gasteiger partial charge in [-0.1, -0.05) is 13.8 Å². The molecule has 1 unspecified atom stereocenters. The largest absolute Gasteiger partial charge is 0.335 e. The predicted octanol–water partition coefficient (Wildman–Crippen LogP) is 2.61. The van der Waals surface area contributed by atoms with E-state index >= 15 is 0 Å². The Bertz CT molecular complexity index is 385. The molecule has 1 amide bonds. The fourth-order valence-corrected chi connectivity index (χ4v) is 2.60. The molecule has 0 aliphatic heterocycles. The van der Waals surface area contributed by atoms with Crippen LogP contribution in [0.3, 0.4) is 0 Å². The van der Waals surface area contributed by atoms with Crippen LogP contribution in [0.4, 0.5) is 0 Å². The first-order chi connectivity index (χ1) is 8.58. The molecule has 1 atom stereocenters. The van der Waals surface area contributed by atoms with Crippen LogP contribution < -0.4 is 5.73 Å². The van der Waals surface area contributed by atoms with E-state index in [4.69, 9.17) is 5.73 Å². The average Bonchev–Trinajstić information content (AvgIpc) is 3.03.